The van der Waals surface area contributed by atoms with Gasteiger partial charge in [-0.3, -0.25) is 4.99 Å². The minimum atomic E-state index is 0. The first-order valence-electron chi connectivity index (χ1n) is 7.61. The Morgan fingerprint density at radius 2 is 2.09 bits per heavy atom. The van der Waals surface area contributed by atoms with Gasteiger partial charge < -0.3 is 15.5 Å². The fourth-order valence-electron chi connectivity index (χ4n) is 2.79. The van der Waals surface area contributed by atoms with Crippen molar-refractivity contribution in [2.45, 2.75) is 37.8 Å². The van der Waals surface area contributed by atoms with Gasteiger partial charge in [-0.2, -0.15) is 0 Å². The summed E-state index contributed by atoms with van der Waals surface area (Å²) in [6.45, 7) is 1.87. The minimum Gasteiger partial charge on any atom is -0.354 e. The number of halogens is 2. The second-order valence-electron chi connectivity index (χ2n) is 5.73. The molecule has 1 atom stereocenters. The predicted octanol–water partition coefficient (Wildman–Crippen LogP) is 2.65. The largest absolute Gasteiger partial charge is 0.354 e. The van der Waals surface area contributed by atoms with Gasteiger partial charge in [-0.05, 0) is 37.8 Å². The molecule has 2 heterocycles. The molecule has 0 spiro atoms. The molecule has 0 aromatic carbocycles. The van der Waals surface area contributed by atoms with E-state index in [1.54, 1.807) is 6.20 Å². The third-order valence-electron chi connectivity index (χ3n) is 4.24. The van der Waals surface area contributed by atoms with Crippen LogP contribution in [-0.4, -0.2) is 43.2 Å². The van der Waals surface area contributed by atoms with E-state index in [0.29, 0.717) is 12.1 Å². The van der Waals surface area contributed by atoms with Gasteiger partial charge in [-0.25, -0.2) is 4.98 Å². The average molecular weight is 436 g/mol. The van der Waals surface area contributed by atoms with Gasteiger partial charge in [0.2, 0.25) is 0 Å². The highest BCUT2D eigenvalue weighted by molar-refractivity contribution is 14.0. The van der Waals surface area contributed by atoms with Crippen molar-refractivity contribution >= 4 is 47.4 Å². The molecule has 7 heteroatoms. The first-order valence-corrected chi connectivity index (χ1v) is 7.99. The number of aliphatic imine (C=N–C) groups is 1. The van der Waals surface area contributed by atoms with Gasteiger partial charge in [0.05, 0.1) is 5.02 Å². The SMILES string of the molecule is CN=C(NC1CCC1)NC1CCN(c2ncccc2Cl)C1.I. The highest BCUT2D eigenvalue weighted by Crippen LogP contribution is 2.25. The van der Waals surface area contributed by atoms with Gasteiger partial charge in [0.1, 0.15) is 5.82 Å². The van der Waals surface area contributed by atoms with Crippen LogP contribution in [0.1, 0.15) is 25.7 Å². The van der Waals surface area contributed by atoms with Gasteiger partial charge in [0.25, 0.3) is 0 Å². The van der Waals surface area contributed by atoms with E-state index < -0.39 is 0 Å². The number of aromatic nitrogens is 1. The van der Waals surface area contributed by atoms with Crippen LogP contribution in [0.4, 0.5) is 5.82 Å². The van der Waals surface area contributed by atoms with Gasteiger partial charge in [0.15, 0.2) is 5.96 Å². The van der Waals surface area contributed by atoms with Gasteiger partial charge in [-0.15, -0.1) is 24.0 Å². The van der Waals surface area contributed by atoms with Crippen LogP contribution in [0, 0.1) is 0 Å². The summed E-state index contributed by atoms with van der Waals surface area (Å²) in [7, 11) is 1.83. The maximum absolute atomic E-state index is 6.22. The van der Waals surface area contributed by atoms with Crippen molar-refractivity contribution in [3.8, 4) is 0 Å². The van der Waals surface area contributed by atoms with Crippen molar-refractivity contribution in [1.82, 2.24) is 15.6 Å². The zero-order valence-electron chi connectivity index (χ0n) is 12.8. The number of nitrogens with one attached hydrogen (secondary N) is 2. The summed E-state index contributed by atoms with van der Waals surface area (Å²) in [5.74, 6) is 1.80. The zero-order chi connectivity index (χ0) is 14.7. The second-order valence-corrected chi connectivity index (χ2v) is 6.14. The molecule has 0 radical (unpaired) electrons. The lowest BCUT2D eigenvalue weighted by Crippen LogP contribution is -2.50. The Morgan fingerprint density at radius 1 is 1.32 bits per heavy atom. The standard InChI is InChI=1S/C15H22ClN5.HI/c1-17-15(19-11-4-2-5-11)20-12-7-9-21(10-12)14-13(16)6-3-8-18-14;/h3,6,8,11-12H,2,4-5,7,9-10H2,1H3,(H2,17,19,20);1H. The molecular weight excluding hydrogens is 413 g/mol. The molecule has 122 valence electrons. The number of pyridine rings is 1. The summed E-state index contributed by atoms with van der Waals surface area (Å²) in [5, 5.41) is 7.70. The molecule has 1 aromatic rings. The Hall–Kier alpha value is -0.760. The quantitative estimate of drug-likeness (QED) is 0.435. The van der Waals surface area contributed by atoms with Crippen LogP contribution in [0.15, 0.2) is 23.3 Å². The number of nitrogens with zero attached hydrogens (tertiary/aromatic N) is 3. The molecule has 1 aromatic heterocycles. The van der Waals surface area contributed by atoms with Gasteiger partial charge >= 0.3 is 0 Å². The van der Waals surface area contributed by atoms with E-state index in [-0.39, 0.29) is 24.0 Å². The fraction of sp³-hybridized carbons (Fsp3) is 0.600. The summed E-state index contributed by atoms with van der Waals surface area (Å²) >= 11 is 6.22. The summed E-state index contributed by atoms with van der Waals surface area (Å²) < 4.78 is 0. The Kier molecular flexibility index (Phi) is 6.55. The number of hydrogen-bond acceptors (Lipinski definition) is 3. The summed E-state index contributed by atoms with van der Waals surface area (Å²) in [6.07, 6.45) is 6.68. The van der Waals surface area contributed by atoms with Gasteiger partial charge in [0, 0.05) is 38.4 Å². The maximum Gasteiger partial charge on any atom is 0.191 e. The molecule has 1 unspecified atom stereocenters. The summed E-state index contributed by atoms with van der Waals surface area (Å²) in [4.78, 5) is 10.9. The molecule has 2 aliphatic rings. The summed E-state index contributed by atoms with van der Waals surface area (Å²) in [5.41, 5.74) is 0. The van der Waals surface area contributed by atoms with Crippen LogP contribution in [0.5, 0.6) is 0 Å². The minimum absolute atomic E-state index is 0. The van der Waals surface area contributed by atoms with Crippen LogP contribution in [0.25, 0.3) is 0 Å². The molecule has 0 bridgehead atoms. The number of hydrogen-bond donors (Lipinski definition) is 2. The molecule has 2 fully saturated rings. The summed E-state index contributed by atoms with van der Waals surface area (Å²) in [6, 6.07) is 4.73. The lowest BCUT2D eigenvalue weighted by molar-refractivity contribution is 0.378. The van der Waals surface area contributed by atoms with Crippen molar-refractivity contribution in [3.63, 3.8) is 0 Å². The van der Waals surface area contributed by atoms with E-state index in [1.807, 2.05) is 19.2 Å². The molecule has 1 aliphatic heterocycles. The van der Waals surface area contributed by atoms with Crippen molar-refractivity contribution < 1.29 is 0 Å². The monoisotopic (exact) mass is 435 g/mol. The molecule has 1 saturated heterocycles. The Balaban J connectivity index is 0.00000176. The maximum atomic E-state index is 6.22. The molecule has 5 nitrogen and oxygen atoms in total. The molecule has 1 aliphatic carbocycles. The third-order valence-corrected chi connectivity index (χ3v) is 4.53. The highest BCUT2D eigenvalue weighted by atomic mass is 127. The van der Waals surface area contributed by atoms with E-state index in [4.69, 9.17) is 11.6 Å². The predicted molar refractivity (Wildman–Crippen MR) is 103 cm³/mol. The third kappa shape index (κ3) is 4.16. The first kappa shape index (κ1) is 17.6. The first-order chi connectivity index (χ1) is 10.3. The van der Waals surface area contributed by atoms with Crippen molar-refractivity contribution in [2.75, 3.05) is 25.0 Å². The number of rotatable bonds is 3. The van der Waals surface area contributed by atoms with E-state index in [0.717, 1.165) is 36.3 Å². The van der Waals surface area contributed by atoms with E-state index in [9.17, 15) is 0 Å². The Morgan fingerprint density at radius 3 is 2.73 bits per heavy atom. The fourth-order valence-corrected chi connectivity index (χ4v) is 3.03. The smallest absolute Gasteiger partial charge is 0.191 e. The van der Waals surface area contributed by atoms with Crippen LogP contribution in [-0.2, 0) is 0 Å². The Labute approximate surface area is 153 Å². The van der Waals surface area contributed by atoms with E-state index in [1.165, 1.54) is 19.3 Å². The molecular formula is C15H23ClIN5. The average Bonchev–Trinajstić information content (AvgIpc) is 2.90. The zero-order valence-corrected chi connectivity index (χ0v) is 15.8. The van der Waals surface area contributed by atoms with Crippen LogP contribution in [0.2, 0.25) is 5.02 Å². The van der Waals surface area contributed by atoms with Crippen LogP contribution < -0.4 is 15.5 Å². The lowest BCUT2D eigenvalue weighted by Gasteiger charge is -2.29. The van der Waals surface area contributed by atoms with Crippen molar-refractivity contribution in [1.29, 1.82) is 0 Å². The molecule has 1 saturated carbocycles. The molecule has 3 rings (SSSR count). The number of anilines is 1. The molecule has 2 N–H and O–H groups in total. The van der Waals surface area contributed by atoms with Crippen LogP contribution >= 0.6 is 35.6 Å². The van der Waals surface area contributed by atoms with Crippen molar-refractivity contribution in [2.24, 2.45) is 4.99 Å². The molecule has 22 heavy (non-hydrogen) atoms. The van der Waals surface area contributed by atoms with Gasteiger partial charge in [-0.1, -0.05) is 11.6 Å². The van der Waals surface area contributed by atoms with Crippen molar-refractivity contribution in [3.05, 3.63) is 23.4 Å². The van der Waals surface area contributed by atoms with E-state index in [2.05, 4.69) is 25.5 Å². The lowest BCUT2D eigenvalue weighted by atomic mass is 9.93. The number of guanidine groups is 1. The Bertz CT molecular complexity index is 520. The highest BCUT2D eigenvalue weighted by Gasteiger charge is 2.26. The molecule has 0 amide bonds. The normalized spacial score (nSPS) is 22.0. The second kappa shape index (κ2) is 8.19. The van der Waals surface area contributed by atoms with E-state index >= 15 is 0 Å². The topological polar surface area (TPSA) is 52.6 Å². The van der Waals surface area contributed by atoms with Crippen LogP contribution in [0.3, 0.4) is 0 Å².